The lowest BCUT2D eigenvalue weighted by Gasteiger charge is -2.05. The molecule has 0 saturated carbocycles. The van der Waals surface area contributed by atoms with Crippen molar-refractivity contribution in [3.63, 3.8) is 0 Å². The minimum absolute atomic E-state index is 0.113. The minimum atomic E-state index is -1.29. The maximum Gasteiger partial charge on any atom is 0.328 e. The number of carbonyl (C=O) groups excluding carboxylic acids is 2. The van der Waals surface area contributed by atoms with E-state index in [9.17, 15) is 18.8 Å². The Morgan fingerprint density at radius 3 is 2.37 bits per heavy atom. The summed E-state index contributed by atoms with van der Waals surface area (Å²) in [7, 11) is 0. The van der Waals surface area contributed by atoms with Gasteiger partial charge in [0.05, 0.1) is 0 Å². The van der Waals surface area contributed by atoms with E-state index in [0.29, 0.717) is 11.6 Å². The zero-order valence-corrected chi connectivity index (χ0v) is 9.72. The molecule has 0 radical (unpaired) electrons. The quantitative estimate of drug-likeness (QED) is 0.702. The Balaban J connectivity index is 2.37. The molecule has 0 aromatic heterocycles. The van der Waals surface area contributed by atoms with Gasteiger partial charge in [0.15, 0.2) is 0 Å². The molecule has 1 rings (SSSR count). The third-order valence-electron chi connectivity index (χ3n) is 1.98. The van der Waals surface area contributed by atoms with Gasteiger partial charge in [-0.3, -0.25) is 10.1 Å². The van der Waals surface area contributed by atoms with Gasteiger partial charge in [-0.25, -0.2) is 14.0 Å². The van der Waals surface area contributed by atoms with Crippen molar-refractivity contribution < 1.29 is 23.9 Å². The number of hydrogen-bond donors (Lipinski definition) is 3. The fraction of sp³-hybridized carbons (Fsp3) is 0.0833. The van der Waals surface area contributed by atoms with Crippen LogP contribution in [0.5, 0.6) is 0 Å². The molecule has 1 aromatic rings. The Morgan fingerprint density at radius 2 is 1.79 bits per heavy atom. The third-order valence-corrected chi connectivity index (χ3v) is 1.98. The molecule has 100 valence electrons. The lowest BCUT2D eigenvalue weighted by atomic mass is 10.2. The molecule has 0 aliphatic heterocycles. The van der Waals surface area contributed by atoms with Crippen LogP contribution < -0.4 is 10.6 Å². The maximum absolute atomic E-state index is 12.6. The van der Waals surface area contributed by atoms with E-state index in [0.717, 1.165) is 6.08 Å². The summed E-state index contributed by atoms with van der Waals surface area (Å²) in [6, 6.07) is 4.69. The van der Waals surface area contributed by atoms with Crippen LogP contribution in [0.2, 0.25) is 0 Å². The van der Waals surface area contributed by atoms with Gasteiger partial charge in [-0.2, -0.15) is 0 Å². The first kappa shape index (κ1) is 14.4. The molecule has 0 aliphatic rings. The highest BCUT2D eigenvalue weighted by Crippen LogP contribution is 2.01. The normalized spacial score (nSPS) is 10.2. The Bertz CT molecular complexity index is 511. The molecule has 3 N–H and O–H groups in total. The molecule has 1 aromatic carbocycles. The number of benzene rings is 1. The summed E-state index contributed by atoms with van der Waals surface area (Å²) in [6.07, 6.45) is 1.34. The lowest BCUT2D eigenvalue weighted by molar-refractivity contribution is -0.131. The lowest BCUT2D eigenvalue weighted by Crippen LogP contribution is -2.38. The first-order valence-corrected chi connectivity index (χ1v) is 5.21. The molecule has 7 heteroatoms. The summed E-state index contributed by atoms with van der Waals surface area (Å²) in [5, 5.41) is 12.5. The Hall–Kier alpha value is -2.70. The second-order valence-corrected chi connectivity index (χ2v) is 3.47. The predicted octanol–water partition coefficient (Wildman–Crippen LogP) is 0.792. The van der Waals surface area contributed by atoms with Gasteiger partial charge in [-0.15, -0.1) is 0 Å². The van der Waals surface area contributed by atoms with Gasteiger partial charge in [0.2, 0.25) is 0 Å². The topological polar surface area (TPSA) is 95.5 Å². The fourth-order valence-corrected chi connectivity index (χ4v) is 1.13. The van der Waals surface area contributed by atoms with E-state index in [1.165, 1.54) is 24.3 Å². The molecular weight excluding hydrogens is 255 g/mol. The van der Waals surface area contributed by atoms with Crippen LogP contribution in [0.1, 0.15) is 5.56 Å². The molecule has 0 bridgehead atoms. The van der Waals surface area contributed by atoms with E-state index in [-0.39, 0.29) is 12.4 Å². The van der Waals surface area contributed by atoms with Crippen molar-refractivity contribution in [1.82, 2.24) is 10.6 Å². The van der Waals surface area contributed by atoms with Gasteiger partial charge in [-0.05, 0) is 17.7 Å². The highest BCUT2D eigenvalue weighted by molar-refractivity contribution is 6.02. The Morgan fingerprint density at radius 1 is 1.16 bits per heavy atom. The Labute approximate surface area is 107 Å². The number of urea groups is 1. The van der Waals surface area contributed by atoms with Crippen LogP contribution in [0.3, 0.4) is 0 Å². The number of imide groups is 1. The van der Waals surface area contributed by atoms with Crippen LogP contribution in [-0.4, -0.2) is 23.0 Å². The molecule has 0 fully saturated rings. The van der Waals surface area contributed by atoms with E-state index >= 15 is 0 Å². The number of nitrogens with one attached hydrogen (secondary N) is 2. The van der Waals surface area contributed by atoms with Crippen molar-refractivity contribution in [2.75, 3.05) is 0 Å². The average Bonchev–Trinajstić information content (AvgIpc) is 2.36. The fourth-order valence-electron chi connectivity index (χ4n) is 1.13. The van der Waals surface area contributed by atoms with Gasteiger partial charge in [0.25, 0.3) is 5.91 Å². The van der Waals surface area contributed by atoms with Crippen LogP contribution in [0.25, 0.3) is 0 Å². The van der Waals surface area contributed by atoms with E-state index in [2.05, 4.69) is 5.32 Å². The summed E-state index contributed by atoms with van der Waals surface area (Å²) in [5.41, 5.74) is 0.657. The summed E-state index contributed by atoms with van der Waals surface area (Å²) in [4.78, 5) is 32.4. The van der Waals surface area contributed by atoms with Crippen molar-refractivity contribution in [3.8, 4) is 0 Å². The average molecular weight is 266 g/mol. The summed E-state index contributed by atoms with van der Waals surface area (Å²) >= 11 is 0. The van der Waals surface area contributed by atoms with Crippen LogP contribution in [0, 0.1) is 5.82 Å². The van der Waals surface area contributed by atoms with Gasteiger partial charge < -0.3 is 10.4 Å². The SMILES string of the molecule is O=C(O)/C=C/C(=O)NC(=O)NCc1ccc(F)cc1. The highest BCUT2D eigenvalue weighted by atomic mass is 19.1. The van der Waals surface area contributed by atoms with E-state index in [1.807, 2.05) is 5.32 Å². The van der Waals surface area contributed by atoms with E-state index < -0.39 is 17.9 Å². The third kappa shape index (κ3) is 5.97. The smallest absolute Gasteiger partial charge is 0.328 e. The number of carbonyl (C=O) groups is 3. The van der Waals surface area contributed by atoms with Crippen LogP contribution in [0.4, 0.5) is 9.18 Å². The minimum Gasteiger partial charge on any atom is -0.478 e. The Kier molecular flexibility index (Phi) is 5.21. The molecule has 6 nitrogen and oxygen atoms in total. The standard InChI is InChI=1S/C12H11FN2O4/c13-9-3-1-8(2-4-9)7-14-12(19)15-10(16)5-6-11(17)18/h1-6H,7H2,(H,17,18)(H2,14,15,16,19)/b6-5+. The summed E-state index contributed by atoms with van der Waals surface area (Å²) in [5.74, 6) is -2.52. The van der Waals surface area contributed by atoms with Gasteiger partial charge in [0, 0.05) is 18.7 Å². The van der Waals surface area contributed by atoms with Crippen molar-refractivity contribution >= 4 is 17.9 Å². The molecular formula is C12H11FN2O4. The zero-order valence-electron chi connectivity index (χ0n) is 9.72. The van der Waals surface area contributed by atoms with Crippen molar-refractivity contribution in [3.05, 3.63) is 47.8 Å². The van der Waals surface area contributed by atoms with E-state index in [4.69, 9.17) is 5.11 Å². The molecule has 0 heterocycles. The zero-order chi connectivity index (χ0) is 14.3. The van der Waals surface area contributed by atoms with Gasteiger partial charge in [0.1, 0.15) is 5.82 Å². The van der Waals surface area contributed by atoms with Gasteiger partial charge in [-0.1, -0.05) is 12.1 Å². The monoisotopic (exact) mass is 266 g/mol. The number of carboxylic acid groups (broad SMARTS) is 1. The number of aliphatic carboxylic acids is 1. The summed E-state index contributed by atoms with van der Waals surface area (Å²) < 4.78 is 12.6. The molecule has 19 heavy (non-hydrogen) atoms. The number of hydrogen-bond acceptors (Lipinski definition) is 3. The van der Waals surface area contributed by atoms with E-state index in [1.54, 1.807) is 0 Å². The predicted molar refractivity (Wildman–Crippen MR) is 63.6 cm³/mol. The largest absolute Gasteiger partial charge is 0.478 e. The molecule has 0 aliphatic carbocycles. The number of carboxylic acids is 1. The number of rotatable bonds is 4. The number of amides is 3. The first-order chi connectivity index (χ1) is 8.97. The maximum atomic E-state index is 12.6. The molecule has 0 spiro atoms. The van der Waals surface area contributed by atoms with Crippen LogP contribution in [0.15, 0.2) is 36.4 Å². The molecule has 3 amide bonds. The van der Waals surface area contributed by atoms with Gasteiger partial charge >= 0.3 is 12.0 Å². The van der Waals surface area contributed by atoms with Crippen molar-refractivity contribution in [2.45, 2.75) is 6.54 Å². The second kappa shape index (κ2) is 6.90. The molecule has 0 unspecified atom stereocenters. The van der Waals surface area contributed by atoms with Crippen molar-refractivity contribution in [2.24, 2.45) is 0 Å². The van der Waals surface area contributed by atoms with Crippen LogP contribution >= 0.6 is 0 Å². The first-order valence-electron chi connectivity index (χ1n) is 5.21. The molecule has 0 atom stereocenters. The number of halogens is 1. The van der Waals surface area contributed by atoms with Crippen LogP contribution in [-0.2, 0) is 16.1 Å². The highest BCUT2D eigenvalue weighted by Gasteiger charge is 2.04. The van der Waals surface area contributed by atoms with Crippen molar-refractivity contribution in [1.29, 1.82) is 0 Å². The summed E-state index contributed by atoms with van der Waals surface area (Å²) in [6.45, 7) is 0.113. The molecule has 0 saturated heterocycles. The second-order valence-electron chi connectivity index (χ2n) is 3.47.